The van der Waals surface area contributed by atoms with Gasteiger partial charge in [0.1, 0.15) is 0 Å². The fourth-order valence-corrected chi connectivity index (χ4v) is 2.95. The van der Waals surface area contributed by atoms with Crippen molar-refractivity contribution in [2.75, 3.05) is 13.7 Å². The van der Waals surface area contributed by atoms with Gasteiger partial charge in [-0.05, 0) is 25.8 Å². The van der Waals surface area contributed by atoms with E-state index in [2.05, 4.69) is 5.32 Å². The first kappa shape index (κ1) is 15.8. The standard InChI is InChI=1S/C13H24F3NO/c1-3-17-11(7-10-13(14,15)16)12(18-2)8-5-4-6-9-12/h11,17H,3-10H2,1-2H3. The molecule has 1 rings (SSSR count). The Kier molecular flexibility index (Phi) is 5.92. The number of rotatable bonds is 6. The van der Waals surface area contributed by atoms with Crippen LogP contribution in [0.2, 0.25) is 0 Å². The van der Waals surface area contributed by atoms with E-state index in [1.807, 2.05) is 6.92 Å². The second kappa shape index (κ2) is 6.75. The molecule has 2 nitrogen and oxygen atoms in total. The highest BCUT2D eigenvalue weighted by atomic mass is 19.4. The molecule has 1 N–H and O–H groups in total. The quantitative estimate of drug-likeness (QED) is 0.793. The van der Waals surface area contributed by atoms with Gasteiger partial charge in [0.05, 0.1) is 5.60 Å². The second-order valence-corrected chi connectivity index (χ2v) is 5.09. The van der Waals surface area contributed by atoms with Crippen molar-refractivity contribution in [1.82, 2.24) is 5.32 Å². The van der Waals surface area contributed by atoms with Crippen molar-refractivity contribution in [3.8, 4) is 0 Å². The van der Waals surface area contributed by atoms with Crippen LogP contribution >= 0.6 is 0 Å². The van der Waals surface area contributed by atoms with Gasteiger partial charge in [-0.3, -0.25) is 0 Å². The van der Waals surface area contributed by atoms with Crippen LogP contribution in [0.4, 0.5) is 13.2 Å². The van der Waals surface area contributed by atoms with Crippen LogP contribution in [0.1, 0.15) is 51.9 Å². The van der Waals surface area contributed by atoms with Crippen molar-refractivity contribution in [2.45, 2.75) is 69.7 Å². The van der Waals surface area contributed by atoms with E-state index in [1.165, 1.54) is 0 Å². The van der Waals surface area contributed by atoms with Crippen LogP contribution in [-0.2, 0) is 4.74 Å². The average molecular weight is 267 g/mol. The lowest BCUT2D eigenvalue weighted by atomic mass is 9.77. The minimum Gasteiger partial charge on any atom is -0.377 e. The van der Waals surface area contributed by atoms with Crippen LogP contribution in [-0.4, -0.2) is 31.5 Å². The molecule has 0 aliphatic heterocycles. The topological polar surface area (TPSA) is 21.3 Å². The monoisotopic (exact) mass is 267 g/mol. The van der Waals surface area contributed by atoms with Crippen LogP contribution < -0.4 is 5.32 Å². The summed E-state index contributed by atoms with van der Waals surface area (Å²) in [6.07, 6.45) is 0.239. The fourth-order valence-electron chi connectivity index (χ4n) is 2.95. The van der Waals surface area contributed by atoms with E-state index in [9.17, 15) is 13.2 Å². The van der Waals surface area contributed by atoms with Gasteiger partial charge >= 0.3 is 6.18 Å². The van der Waals surface area contributed by atoms with Crippen molar-refractivity contribution in [1.29, 1.82) is 0 Å². The predicted molar refractivity (Wildman–Crippen MR) is 65.6 cm³/mol. The molecule has 1 unspecified atom stereocenters. The largest absolute Gasteiger partial charge is 0.389 e. The Morgan fingerprint density at radius 1 is 1.22 bits per heavy atom. The van der Waals surface area contributed by atoms with Crippen molar-refractivity contribution in [2.24, 2.45) is 0 Å². The maximum atomic E-state index is 12.4. The van der Waals surface area contributed by atoms with E-state index in [0.29, 0.717) is 6.54 Å². The minimum absolute atomic E-state index is 0.102. The van der Waals surface area contributed by atoms with Crippen LogP contribution in [0.15, 0.2) is 0 Å². The van der Waals surface area contributed by atoms with Gasteiger partial charge in [-0.25, -0.2) is 0 Å². The van der Waals surface area contributed by atoms with Crippen LogP contribution in [0.25, 0.3) is 0 Å². The lowest BCUT2D eigenvalue weighted by Crippen LogP contribution is -2.53. The number of ether oxygens (including phenoxy) is 1. The molecular formula is C13H24F3NO. The molecule has 0 bridgehead atoms. The normalized spacial score (nSPS) is 21.8. The Bertz CT molecular complexity index is 237. The van der Waals surface area contributed by atoms with Gasteiger partial charge in [-0.15, -0.1) is 0 Å². The minimum atomic E-state index is -4.09. The van der Waals surface area contributed by atoms with Crippen LogP contribution in [0, 0.1) is 0 Å². The molecule has 0 heterocycles. The van der Waals surface area contributed by atoms with Crippen molar-refractivity contribution < 1.29 is 17.9 Å². The molecule has 0 aromatic heterocycles. The Balaban J connectivity index is 2.67. The Labute approximate surface area is 107 Å². The summed E-state index contributed by atoms with van der Waals surface area (Å²) in [7, 11) is 1.63. The number of halogens is 3. The number of hydrogen-bond acceptors (Lipinski definition) is 2. The smallest absolute Gasteiger partial charge is 0.377 e. The summed E-state index contributed by atoms with van der Waals surface area (Å²) in [5.41, 5.74) is -0.403. The summed E-state index contributed by atoms with van der Waals surface area (Å²) in [6, 6.07) is -0.200. The number of hydrogen-bond donors (Lipinski definition) is 1. The van der Waals surface area contributed by atoms with Gasteiger partial charge in [0.25, 0.3) is 0 Å². The highest BCUT2D eigenvalue weighted by molar-refractivity contribution is 4.95. The van der Waals surface area contributed by atoms with E-state index in [-0.39, 0.29) is 12.5 Å². The van der Waals surface area contributed by atoms with Gasteiger partial charge in [-0.1, -0.05) is 26.2 Å². The van der Waals surface area contributed by atoms with Crippen LogP contribution in [0.5, 0.6) is 0 Å². The first-order valence-corrected chi connectivity index (χ1v) is 6.79. The molecule has 18 heavy (non-hydrogen) atoms. The highest BCUT2D eigenvalue weighted by Crippen LogP contribution is 2.37. The van der Waals surface area contributed by atoms with Gasteiger partial charge < -0.3 is 10.1 Å². The number of nitrogens with one attached hydrogen (secondary N) is 1. The van der Waals surface area contributed by atoms with Crippen molar-refractivity contribution in [3.63, 3.8) is 0 Å². The first-order valence-electron chi connectivity index (χ1n) is 6.79. The maximum Gasteiger partial charge on any atom is 0.389 e. The summed E-state index contributed by atoms with van der Waals surface area (Å²) in [5, 5.41) is 3.19. The summed E-state index contributed by atoms with van der Waals surface area (Å²) in [5.74, 6) is 0. The zero-order valence-electron chi connectivity index (χ0n) is 11.3. The molecule has 1 aliphatic rings. The predicted octanol–water partition coefficient (Wildman–Crippen LogP) is 3.66. The Morgan fingerprint density at radius 2 is 1.83 bits per heavy atom. The fraction of sp³-hybridized carbons (Fsp3) is 1.00. The average Bonchev–Trinajstić information content (AvgIpc) is 2.34. The third-order valence-corrected chi connectivity index (χ3v) is 3.91. The van der Waals surface area contributed by atoms with E-state index < -0.39 is 18.2 Å². The van der Waals surface area contributed by atoms with E-state index in [0.717, 1.165) is 32.1 Å². The molecule has 1 saturated carbocycles. The third-order valence-electron chi connectivity index (χ3n) is 3.91. The van der Waals surface area contributed by atoms with E-state index in [1.54, 1.807) is 7.11 Å². The molecule has 1 atom stereocenters. The van der Waals surface area contributed by atoms with Crippen molar-refractivity contribution in [3.05, 3.63) is 0 Å². The number of methoxy groups -OCH3 is 1. The molecule has 0 saturated heterocycles. The third kappa shape index (κ3) is 4.43. The molecule has 0 aromatic rings. The zero-order valence-corrected chi connectivity index (χ0v) is 11.3. The van der Waals surface area contributed by atoms with Crippen molar-refractivity contribution >= 4 is 0 Å². The van der Waals surface area contributed by atoms with Gasteiger partial charge in [-0.2, -0.15) is 13.2 Å². The van der Waals surface area contributed by atoms with Gasteiger partial charge in [0.2, 0.25) is 0 Å². The lowest BCUT2D eigenvalue weighted by molar-refractivity contribution is -0.143. The van der Waals surface area contributed by atoms with Crippen LogP contribution in [0.3, 0.4) is 0 Å². The second-order valence-electron chi connectivity index (χ2n) is 5.09. The molecule has 0 aromatic carbocycles. The van der Waals surface area contributed by atoms with Gasteiger partial charge in [0.15, 0.2) is 0 Å². The Morgan fingerprint density at radius 3 is 2.28 bits per heavy atom. The first-order chi connectivity index (χ1) is 8.43. The molecule has 1 aliphatic carbocycles. The molecule has 0 amide bonds. The number of likely N-dealkylation sites (N-methyl/N-ethyl adjacent to an activating group) is 1. The lowest BCUT2D eigenvalue weighted by Gasteiger charge is -2.43. The summed E-state index contributed by atoms with van der Waals surface area (Å²) < 4.78 is 42.8. The summed E-state index contributed by atoms with van der Waals surface area (Å²) >= 11 is 0. The SMILES string of the molecule is CCNC(CCC(F)(F)F)C1(OC)CCCCC1. The zero-order chi connectivity index (χ0) is 13.6. The molecule has 5 heteroatoms. The highest BCUT2D eigenvalue weighted by Gasteiger charge is 2.41. The Hall–Kier alpha value is -0.290. The maximum absolute atomic E-state index is 12.4. The van der Waals surface area contributed by atoms with E-state index >= 15 is 0 Å². The van der Waals surface area contributed by atoms with Gasteiger partial charge in [0, 0.05) is 19.6 Å². The summed E-state index contributed by atoms with van der Waals surface area (Å²) in [6.45, 7) is 2.60. The van der Waals surface area contributed by atoms with E-state index in [4.69, 9.17) is 4.74 Å². The number of alkyl halides is 3. The summed E-state index contributed by atoms with van der Waals surface area (Å²) in [4.78, 5) is 0. The molecule has 0 spiro atoms. The molecule has 108 valence electrons. The molecular weight excluding hydrogens is 243 g/mol. The molecule has 0 radical (unpaired) electrons. The molecule has 1 fully saturated rings.